The minimum atomic E-state index is -1.43. The molecule has 2 fully saturated rings. The Labute approximate surface area is 197 Å². The molecular formula is C26H31F2NO5. The van der Waals surface area contributed by atoms with Gasteiger partial charge in [-0.05, 0) is 37.3 Å². The Bertz CT molecular complexity index is 1010. The zero-order chi connectivity index (χ0) is 24.3. The zero-order valence-corrected chi connectivity index (χ0v) is 19.2. The Hall–Kier alpha value is -2.39. The Balaban J connectivity index is 1.52. The molecule has 6 nitrogen and oxygen atoms in total. The summed E-state index contributed by atoms with van der Waals surface area (Å²) in [6, 6.07) is 10.8. The highest BCUT2D eigenvalue weighted by atomic mass is 19.1. The molecule has 184 valence electrons. The first kappa shape index (κ1) is 24.7. The summed E-state index contributed by atoms with van der Waals surface area (Å²) in [5.41, 5.74) is 0.609. The highest BCUT2D eigenvalue weighted by Crippen LogP contribution is 2.36. The number of carbonyl (C=O) groups excluding carboxylic acids is 1. The molecule has 34 heavy (non-hydrogen) atoms. The molecule has 0 unspecified atom stereocenters. The number of halogens is 2. The summed E-state index contributed by atoms with van der Waals surface area (Å²) in [6.07, 6.45) is -1.53. The summed E-state index contributed by atoms with van der Waals surface area (Å²) >= 11 is 0. The molecule has 0 radical (unpaired) electrons. The number of aliphatic hydroxyl groups excluding tert-OH is 2. The molecule has 4 atom stereocenters. The summed E-state index contributed by atoms with van der Waals surface area (Å²) < 4.78 is 39.2. The Morgan fingerprint density at radius 3 is 2.62 bits per heavy atom. The van der Waals surface area contributed by atoms with Gasteiger partial charge in [-0.25, -0.2) is 8.78 Å². The lowest BCUT2D eigenvalue weighted by Crippen LogP contribution is -2.60. The third-order valence-corrected chi connectivity index (χ3v) is 6.57. The average Bonchev–Trinajstić information content (AvgIpc) is 3.63. The van der Waals surface area contributed by atoms with Gasteiger partial charge in [-0.1, -0.05) is 35.9 Å². The van der Waals surface area contributed by atoms with E-state index in [2.05, 4.69) is 5.32 Å². The van der Waals surface area contributed by atoms with Crippen LogP contribution in [0.15, 0.2) is 42.5 Å². The standard InChI is InChI=1S/C26H31F2NO5/c1-16-3-2-4-18(9-16)14-34-26(25(32)29-13-17-5-6-17)11-22(30)24(31)23(12-26)33-15-19-7-8-20(27)10-21(19)28/h2-4,7-10,17,22-24,30-31H,5-6,11-15H2,1H3,(H,29,32)/t22-,23-,24-,26+/m1/s1. The lowest BCUT2D eigenvalue weighted by atomic mass is 9.78. The molecule has 0 aliphatic heterocycles. The molecule has 3 N–H and O–H groups in total. The van der Waals surface area contributed by atoms with Gasteiger partial charge in [0, 0.05) is 31.0 Å². The second-order valence-electron chi connectivity index (χ2n) is 9.48. The van der Waals surface area contributed by atoms with E-state index in [1.807, 2.05) is 31.2 Å². The molecule has 1 amide bonds. The van der Waals surface area contributed by atoms with Crippen LogP contribution in [0.25, 0.3) is 0 Å². The van der Waals surface area contributed by atoms with E-state index in [0.717, 1.165) is 36.1 Å². The number of ether oxygens (including phenoxy) is 2. The van der Waals surface area contributed by atoms with E-state index in [9.17, 15) is 23.8 Å². The van der Waals surface area contributed by atoms with Gasteiger partial charge in [0.25, 0.3) is 5.91 Å². The molecule has 0 saturated heterocycles. The van der Waals surface area contributed by atoms with Crippen LogP contribution in [0.1, 0.15) is 42.4 Å². The predicted molar refractivity (Wildman–Crippen MR) is 121 cm³/mol. The summed E-state index contributed by atoms with van der Waals surface area (Å²) in [7, 11) is 0. The monoisotopic (exact) mass is 475 g/mol. The fourth-order valence-electron chi connectivity index (χ4n) is 4.34. The van der Waals surface area contributed by atoms with Gasteiger partial charge in [-0.15, -0.1) is 0 Å². The first-order valence-corrected chi connectivity index (χ1v) is 11.7. The van der Waals surface area contributed by atoms with Crippen LogP contribution >= 0.6 is 0 Å². The first-order valence-electron chi connectivity index (χ1n) is 11.7. The van der Waals surface area contributed by atoms with Crippen molar-refractivity contribution < 1.29 is 33.3 Å². The first-order chi connectivity index (χ1) is 16.3. The van der Waals surface area contributed by atoms with Crippen LogP contribution in [0.2, 0.25) is 0 Å². The van der Waals surface area contributed by atoms with Crippen molar-refractivity contribution in [3.63, 3.8) is 0 Å². The van der Waals surface area contributed by atoms with Crippen molar-refractivity contribution in [1.29, 1.82) is 0 Å². The lowest BCUT2D eigenvalue weighted by Gasteiger charge is -2.44. The second kappa shape index (κ2) is 10.5. The molecule has 2 aromatic carbocycles. The van der Waals surface area contributed by atoms with E-state index in [1.54, 1.807) is 0 Å². The van der Waals surface area contributed by atoms with E-state index in [4.69, 9.17) is 9.47 Å². The zero-order valence-electron chi connectivity index (χ0n) is 19.2. The van der Waals surface area contributed by atoms with Gasteiger partial charge in [0.1, 0.15) is 17.7 Å². The van der Waals surface area contributed by atoms with Gasteiger partial charge >= 0.3 is 0 Å². The van der Waals surface area contributed by atoms with Crippen molar-refractivity contribution in [1.82, 2.24) is 5.32 Å². The highest BCUT2D eigenvalue weighted by Gasteiger charge is 2.51. The fraction of sp³-hybridized carbons (Fsp3) is 0.500. The van der Waals surface area contributed by atoms with Crippen molar-refractivity contribution in [3.05, 3.63) is 70.8 Å². The number of carbonyl (C=O) groups is 1. The molecule has 2 saturated carbocycles. The second-order valence-corrected chi connectivity index (χ2v) is 9.48. The molecule has 2 aliphatic carbocycles. The largest absolute Gasteiger partial charge is 0.390 e. The SMILES string of the molecule is Cc1cccc(CO[C@@]2(C(=O)NCC3CC3)C[C@@H](O)[C@@H](O)[C@H](OCc3ccc(F)cc3F)C2)c1. The van der Waals surface area contributed by atoms with Crippen LogP contribution in [-0.4, -0.2) is 46.6 Å². The molecular weight excluding hydrogens is 444 g/mol. The van der Waals surface area contributed by atoms with E-state index >= 15 is 0 Å². The van der Waals surface area contributed by atoms with Gasteiger partial charge in [0.2, 0.25) is 0 Å². The number of hydrogen-bond acceptors (Lipinski definition) is 5. The molecule has 0 bridgehead atoms. The van der Waals surface area contributed by atoms with Crippen molar-refractivity contribution in [2.75, 3.05) is 6.54 Å². The van der Waals surface area contributed by atoms with Crippen LogP contribution in [0.5, 0.6) is 0 Å². The maximum Gasteiger partial charge on any atom is 0.252 e. The normalized spacial score (nSPS) is 26.9. The molecule has 0 aromatic heterocycles. The van der Waals surface area contributed by atoms with Crippen LogP contribution in [0.3, 0.4) is 0 Å². The van der Waals surface area contributed by atoms with E-state index in [1.165, 1.54) is 6.07 Å². The van der Waals surface area contributed by atoms with Gasteiger partial charge in [-0.3, -0.25) is 4.79 Å². The maximum absolute atomic E-state index is 14.1. The van der Waals surface area contributed by atoms with Gasteiger partial charge < -0.3 is 25.0 Å². The number of rotatable bonds is 9. The van der Waals surface area contributed by atoms with Crippen molar-refractivity contribution in [3.8, 4) is 0 Å². The smallest absolute Gasteiger partial charge is 0.252 e. The predicted octanol–water partition coefficient (Wildman–Crippen LogP) is 3.16. The Morgan fingerprint density at radius 1 is 1.12 bits per heavy atom. The lowest BCUT2D eigenvalue weighted by molar-refractivity contribution is -0.200. The summed E-state index contributed by atoms with van der Waals surface area (Å²) in [5.74, 6) is -1.38. The topological polar surface area (TPSA) is 88.0 Å². The number of aryl methyl sites for hydroxylation is 1. The molecule has 2 aromatic rings. The average molecular weight is 476 g/mol. The third-order valence-electron chi connectivity index (χ3n) is 6.57. The summed E-state index contributed by atoms with van der Waals surface area (Å²) in [4.78, 5) is 13.3. The van der Waals surface area contributed by atoms with Gasteiger partial charge in [0.05, 0.1) is 25.4 Å². The maximum atomic E-state index is 14.1. The number of hydrogen-bond donors (Lipinski definition) is 3. The number of amides is 1. The van der Waals surface area contributed by atoms with Crippen LogP contribution in [0, 0.1) is 24.5 Å². The van der Waals surface area contributed by atoms with Crippen molar-refractivity contribution in [2.45, 2.75) is 69.7 Å². The molecule has 2 aliphatic rings. The number of nitrogens with one attached hydrogen (secondary N) is 1. The van der Waals surface area contributed by atoms with Gasteiger partial charge in [-0.2, -0.15) is 0 Å². The quantitative estimate of drug-likeness (QED) is 0.519. The molecule has 0 heterocycles. The minimum Gasteiger partial charge on any atom is -0.390 e. The molecule has 4 rings (SSSR count). The summed E-state index contributed by atoms with van der Waals surface area (Å²) in [6.45, 7) is 2.37. The van der Waals surface area contributed by atoms with Crippen LogP contribution < -0.4 is 5.32 Å². The van der Waals surface area contributed by atoms with Crippen molar-refractivity contribution in [2.24, 2.45) is 5.92 Å². The van der Waals surface area contributed by atoms with Crippen LogP contribution in [-0.2, 0) is 27.5 Å². The highest BCUT2D eigenvalue weighted by molar-refractivity contribution is 5.85. The Morgan fingerprint density at radius 2 is 1.91 bits per heavy atom. The van der Waals surface area contributed by atoms with Gasteiger partial charge in [0.15, 0.2) is 5.60 Å². The minimum absolute atomic E-state index is 0.0175. The number of benzene rings is 2. The van der Waals surface area contributed by atoms with E-state index in [-0.39, 0.29) is 37.5 Å². The van der Waals surface area contributed by atoms with Crippen molar-refractivity contribution >= 4 is 5.91 Å². The van der Waals surface area contributed by atoms with Crippen LogP contribution in [0.4, 0.5) is 8.78 Å². The number of aliphatic hydroxyl groups is 2. The Kier molecular flexibility index (Phi) is 7.62. The summed E-state index contributed by atoms with van der Waals surface area (Å²) in [5, 5.41) is 24.1. The fourth-order valence-corrected chi connectivity index (χ4v) is 4.34. The van der Waals surface area contributed by atoms with E-state index in [0.29, 0.717) is 12.5 Å². The van der Waals surface area contributed by atoms with E-state index < -0.39 is 35.5 Å². The molecule has 0 spiro atoms. The molecule has 8 heteroatoms. The third kappa shape index (κ3) is 5.99.